The van der Waals surface area contributed by atoms with Gasteiger partial charge in [-0.3, -0.25) is 4.90 Å². The molecule has 8 heteroatoms. The van der Waals surface area contributed by atoms with E-state index in [1.807, 2.05) is 30.0 Å². The number of para-hydroxylation sites is 1. The molecule has 0 radical (unpaired) electrons. The van der Waals surface area contributed by atoms with Gasteiger partial charge in [0.1, 0.15) is 11.6 Å². The molecule has 3 aliphatic heterocycles. The van der Waals surface area contributed by atoms with Crippen molar-refractivity contribution in [2.75, 3.05) is 37.6 Å². The Morgan fingerprint density at radius 3 is 2.57 bits per heavy atom. The molecule has 3 aliphatic rings. The zero-order valence-electron chi connectivity index (χ0n) is 20.0. The van der Waals surface area contributed by atoms with Crippen LogP contribution in [0.25, 0.3) is 10.9 Å². The Morgan fingerprint density at radius 2 is 1.86 bits per heavy atom. The van der Waals surface area contributed by atoms with Crippen LogP contribution in [-0.2, 0) is 13.0 Å². The number of rotatable bonds is 3. The van der Waals surface area contributed by atoms with Crippen molar-refractivity contribution in [3.05, 3.63) is 65.4 Å². The lowest BCUT2D eigenvalue weighted by Crippen LogP contribution is -2.40. The molecule has 0 aliphatic carbocycles. The van der Waals surface area contributed by atoms with Crippen LogP contribution in [0.2, 0.25) is 0 Å². The molecule has 1 spiro atoms. The van der Waals surface area contributed by atoms with Gasteiger partial charge in [0, 0.05) is 66.0 Å². The number of benzene rings is 2. The standard InChI is InChI=1S/C14H16F2N2.C13H16F2N2/c1-9-6-11-10-4-2-3-5-12(10)17-13(11)7-18(9)8-14(15)16;14-10-5-11(15)7-12(6-10)17-4-2-13(9-17)1-3-16-8-13/h2-5,9,14,17H,6-8H2,1H3;5-7,16H,1-4,8-9H2. The summed E-state index contributed by atoms with van der Waals surface area (Å²) in [7, 11) is 0. The second-order valence-electron chi connectivity index (χ2n) is 10.2. The average Bonchev–Trinajstić information content (AvgIpc) is 3.53. The Hall–Kier alpha value is -2.58. The van der Waals surface area contributed by atoms with Crippen molar-refractivity contribution < 1.29 is 17.6 Å². The first kappa shape index (κ1) is 24.1. The number of hydrogen-bond donors (Lipinski definition) is 2. The second-order valence-corrected chi connectivity index (χ2v) is 10.2. The minimum atomic E-state index is -2.27. The molecule has 188 valence electrons. The van der Waals surface area contributed by atoms with Crippen LogP contribution in [0, 0.1) is 17.0 Å². The molecule has 0 bridgehead atoms. The summed E-state index contributed by atoms with van der Waals surface area (Å²) in [4.78, 5) is 7.30. The molecular formula is C27H32F4N4. The lowest BCUT2D eigenvalue weighted by atomic mass is 9.86. The quantitative estimate of drug-likeness (QED) is 0.489. The minimum Gasteiger partial charge on any atom is -0.371 e. The van der Waals surface area contributed by atoms with Crippen LogP contribution in [0.15, 0.2) is 42.5 Å². The van der Waals surface area contributed by atoms with Gasteiger partial charge < -0.3 is 15.2 Å². The first-order chi connectivity index (χ1) is 16.8. The van der Waals surface area contributed by atoms with Gasteiger partial charge in [0.05, 0.1) is 6.54 Å². The van der Waals surface area contributed by atoms with E-state index in [1.54, 1.807) is 0 Å². The third kappa shape index (κ3) is 5.19. The number of aromatic amines is 1. The largest absolute Gasteiger partial charge is 0.371 e. The normalized spacial score (nSPS) is 24.3. The molecule has 0 amide bonds. The van der Waals surface area contributed by atoms with Gasteiger partial charge in [0.2, 0.25) is 0 Å². The van der Waals surface area contributed by atoms with Crippen molar-refractivity contribution in [3.8, 4) is 0 Å². The van der Waals surface area contributed by atoms with E-state index in [-0.39, 0.29) is 12.6 Å². The van der Waals surface area contributed by atoms with Crippen molar-refractivity contribution in [3.63, 3.8) is 0 Å². The fourth-order valence-corrected chi connectivity index (χ4v) is 5.85. The molecule has 2 N–H and O–H groups in total. The summed E-state index contributed by atoms with van der Waals surface area (Å²) < 4.78 is 51.4. The maximum Gasteiger partial charge on any atom is 0.251 e. The van der Waals surface area contributed by atoms with Crippen molar-refractivity contribution in [1.82, 2.24) is 15.2 Å². The van der Waals surface area contributed by atoms with E-state index in [0.29, 0.717) is 17.6 Å². The summed E-state index contributed by atoms with van der Waals surface area (Å²) in [6, 6.07) is 12.1. The summed E-state index contributed by atoms with van der Waals surface area (Å²) in [6.45, 7) is 6.36. The molecule has 6 rings (SSSR count). The number of nitrogens with one attached hydrogen (secondary N) is 2. The summed E-state index contributed by atoms with van der Waals surface area (Å²) in [6.07, 6.45) is 0.851. The highest BCUT2D eigenvalue weighted by Crippen LogP contribution is 2.38. The zero-order valence-corrected chi connectivity index (χ0v) is 20.0. The molecule has 2 aromatic carbocycles. The third-order valence-electron chi connectivity index (χ3n) is 7.74. The van der Waals surface area contributed by atoms with Crippen LogP contribution in [0.4, 0.5) is 23.2 Å². The van der Waals surface area contributed by atoms with Crippen LogP contribution in [0.3, 0.4) is 0 Å². The molecular weight excluding hydrogens is 456 g/mol. The molecule has 2 saturated heterocycles. The second kappa shape index (κ2) is 9.82. The Labute approximate surface area is 203 Å². The fourth-order valence-electron chi connectivity index (χ4n) is 5.85. The van der Waals surface area contributed by atoms with Crippen molar-refractivity contribution >= 4 is 16.6 Å². The molecule has 2 fully saturated rings. The molecule has 3 aromatic rings. The Bertz CT molecular complexity index is 1150. The Balaban J connectivity index is 0.000000145. The lowest BCUT2D eigenvalue weighted by Gasteiger charge is -2.33. The van der Waals surface area contributed by atoms with E-state index in [0.717, 1.165) is 56.3 Å². The fraction of sp³-hybridized carbons (Fsp3) is 0.481. The van der Waals surface area contributed by atoms with Crippen molar-refractivity contribution in [2.45, 2.75) is 45.2 Å². The predicted octanol–water partition coefficient (Wildman–Crippen LogP) is 5.33. The number of fused-ring (bicyclic) bond motifs is 3. The molecule has 4 nitrogen and oxygen atoms in total. The highest BCUT2D eigenvalue weighted by Gasteiger charge is 2.40. The maximum atomic E-state index is 13.2. The predicted molar refractivity (Wildman–Crippen MR) is 131 cm³/mol. The monoisotopic (exact) mass is 488 g/mol. The minimum absolute atomic E-state index is 0.143. The van der Waals surface area contributed by atoms with E-state index < -0.39 is 18.1 Å². The summed E-state index contributed by atoms with van der Waals surface area (Å²) in [5, 5.41) is 4.61. The number of alkyl halides is 2. The van der Waals surface area contributed by atoms with Gasteiger partial charge in [-0.05, 0) is 56.5 Å². The smallest absolute Gasteiger partial charge is 0.251 e. The van der Waals surface area contributed by atoms with Gasteiger partial charge >= 0.3 is 0 Å². The number of H-pyrrole nitrogens is 1. The number of hydrogen-bond acceptors (Lipinski definition) is 3. The third-order valence-corrected chi connectivity index (χ3v) is 7.74. The van der Waals surface area contributed by atoms with E-state index >= 15 is 0 Å². The van der Waals surface area contributed by atoms with Crippen LogP contribution in [-0.4, -0.2) is 55.1 Å². The van der Waals surface area contributed by atoms with E-state index in [4.69, 9.17) is 0 Å². The summed E-state index contributed by atoms with van der Waals surface area (Å²) >= 11 is 0. The lowest BCUT2D eigenvalue weighted by molar-refractivity contribution is 0.0597. The summed E-state index contributed by atoms with van der Waals surface area (Å²) in [5.41, 5.74) is 4.49. The van der Waals surface area contributed by atoms with Gasteiger partial charge in [-0.25, -0.2) is 17.6 Å². The van der Waals surface area contributed by atoms with E-state index in [1.165, 1.54) is 29.5 Å². The topological polar surface area (TPSA) is 34.3 Å². The Morgan fingerprint density at radius 1 is 1.09 bits per heavy atom. The van der Waals surface area contributed by atoms with Crippen LogP contribution < -0.4 is 10.2 Å². The van der Waals surface area contributed by atoms with Gasteiger partial charge in [0.25, 0.3) is 6.43 Å². The van der Waals surface area contributed by atoms with Gasteiger partial charge in [-0.15, -0.1) is 0 Å². The molecule has 2 atom stereocenters. The highest BCUT2D eigenvalue weighted by atomic mass is 19.3. The SMILES string of the molecule is CC1Cc2c([nH]c3ccccc23)CN1CC(F)F.Fc1cc(F)cc(N2CCC3(CCNC3)C2)c1. The van der Waals surface area contributed by atoms with E-state index in [2.05, 4.69) is 21.3 Å². The van der Waals surface area contributed by atoms with Crippen LogP contribution in [0.5, 0.6) is 0 Å². The molecule has 2 unspecified atom stereocenters. The molecule has 35 heavy (non-hydrogen) atoms. The Kier molecular flexibility index (Phi) is 6.77. The van der Waals surface area contributed by atoms with Gasteiger partial charge in [0.15, 0.2) is 0 Å². The molecule has 0 saturated carbocycles. The number of aromatic nitrogens is 1. The van der Waals surface area contributed by atoms with Crippen LogP contribution in [0.1, 0.15) is 31.0 Å². The number of anilines is 1. The van der Waals surface area contributed by atoms with Crippen molar-refractivity contribution in [2.24, 2.45) is 5.41 Å². The maximum absolute atomic E-state index is 13.2. The zero-order chi connectivity index (χ0) is 24.6. The molecule has 1 aromatic heterocycles. The number of halogens is 4. The average molecular weight is 489 g/mol. The van der Waals surface area contributed by atoms with E-state index in [9.17, 15) is 17.6 Å². The highest BCUT2D eigenvalue weighted by molar-refractivity contribution is 5.84. The van der Waals surface area contributed by atoms with Gasteiger partial charge in [-0.2, -0.15) is 0 Å². The summed E-state index contributed by atoms with van der Waals surface area (Å²) in [5.74, 6) is -0.990. The first-order valence-electron chi connectivity index (χ1n) is 12.3. The molecule has 4 heterocycles. The number of nitrogens with zero attached hydrogens (tertiary/aromatic N) is 2. The van der Waals surface area contributed by atoms with Gasteiger partial charge in [-0.1, -0.05) is 18.2 Å². The van der Waals surface area contributed by atoms with Crippen LogP contribution >= 0.6 is 0 Å². The van der Waals surface area contributed by atoms with Crippen molar-refractivity contribution in [1.29, 1.82) is 0 Å². The first-order valence-corrected chi connectivity index (χ1v) is 12.3.